The second-order valence-electron chi connectivity index (χ2n) is 4.25. The number of methoxy groups -OCH3 is 1. The fraction of sp³-hybridized carbons (Fsp3) is 0.214. The van der Waals surface area contributed by atoms with E-state index in [4.69, 9.17) is 15.6 Å². The number of rotatable bonds is 4. The molecule has 2 rings (SSSR count). The van der Waals surface area contributed by atoms with Crippen molar-refractivity contribution >= 4 is 32.7 Å². The molecule has 2 aromatic rings. The number of hydrogen-bond acceptors (Lipinski definition) is 3. The molecule has 5 heteroatoms. The summed E-state index contributed by atoms with van der Waals surface area (Å²) >= 11 is 3.41. The second kappa shape index (κ2) is 5.59. The number of hydrogen-bond donors (Lipinski definition) is 2. The quantitative estimate of drug-likeness (QED) is 0.906. The molecule has 0 bridgehead atoms. The Morgan fingerprint density at radius 3 is 2.79 bits per heavy atom. The standard InChI is InChI=1S/C14H14BrNO3/c1-19-12-5-2-8-6-9(15)3-4-10(8)14(12)11(16)7-13(17)18/h2-6,11H,7,16H2,1H3,(H,17,18). The molecule has 0 heterocycles. The predicted molar refractivity (Wildman–Crippen MR) is 77.4 cm³/mol. The van der Waals surface area contributed by atoms with Gasteiger partial charge in [-0.1, -0.05) is 28.1 Å². The summed E-state index contributed by atoms with van der Waals surface area (Å²) in [5.41, 5.74) is 6.74. The maximum absolute atomic E-state index is 10.8. The Morgan fingerprint density at radius 2 is 2.16 bits per heavy atom. The van der Waals surface area contributed by atoms with Gasteiger partial charge in [-0.25, -0.2) is 0 Å². The number of halogens is 1. The Labute approximate surface area is 119 Å². The van der Waals surface area contributed by atoms with Crippen LogP contribution < -0.4 is 10.5 Å². The third-order valence-corrected chi connectivity index (χ3v) is 3.46. The van der Waals surface area contributed by atoms with E-state index in [9.17, 15) is 4.79 Å². The molecular weight excluding hydrogens is 310 g/mol. The first-order valence-electron chi connectivity index (χ1n) is 5.76. The molecule has 0 radical (unpaired) electrons. The minimum atomic E-state index is -0.927. The van der Waals surface area contributed by atoms with E-state index < -0.39 is 12.0 Å². The minimum Gasteiger partial charge on any atom is -0.496 e. The third-order valence-electron chi connectivity index (χ3n) is 2.97. The molecule has 0 aromatic heterocycles. The van der Waals surface area contributed by atoms with Gasteiger partial charge in [0, 0.05) is 16.1 Å². The molecule has 3 N–H and O–H groups in total. The van der Waals surface area contributed by atoms with Crippen molar-refractivity contribution in [1.82, 2.24) is 0 Å². The Balaban J connectivity index is 2.63. The molecule has 100 valence electrons. The van der Waals surface area contributed by atoms with Gasteiger partial charge in [0.15, 0.2) is 0 Å². The number of carbonyl (C=O) groups is 1. The highest BCUT2D eigenvalue weighted by Gasteiger charge is 2.18. The Morgan fingerprint density at radius 1 is 1.42 bits per heavy atom. The van der Waals surface area contributed by atoms with Gasteiger partial charge in [-0.2, -0.15) is 0 Å². The highest BCUT2D eigenvalue weighted by Crippen LogP contribution is 2.34. The first-order chi connectivity index (χ1) is 9.02. The lowest BCUT2D eigenvalue weighted by atomic mass is 9.96. The van der Waals surface area contributed by atoms with E-state index in [1.807, 2.05) is 30.3 Å². The molecule has 0 saturated heterocycles. The van der Waals surface area contributed by atoms with Crippen LogP contribution in [0, 0.1) is 0 Å². The Kier molecular flexibility index (Phi) is 4.07. The van der Waals surface area contributed by atoms with Gasteiger partial charge in [-0.3, -0.25) is 4.79 Å². The Hall–Kier alpha value is -1.59. The number of nitrogens with two attached hydrogens (primary N) is 1. The molecule has 0 amide bonds. The van der Waals surface area contributed by atoms with Crippen LogP contribution in [0.4, 0.5) is 0 Å². The number of fused-ring (bicyclic) bond motifs is 1. The number of benzene rings is 2. The maximum Gasteiger partial charge on any atom is 0.305 e. The molecule has 19 heavy (non-hydrogen) atoms. The van der Waals surface area contributed by atoms with Crippen molar-refractivity contribution in [3.8, 4) is 5.75 Å². The maximum atomic E-state index is 10.8. The number of carboxylic acid groups (broad SMARTS) is 1. The average Bonchev–Trinajstić information content (AvgIpc) is 2.36. The zero-order chi connectivity index (χ0) is 14.0. The van der Waals surface area contributed by atoms with Crippen molar-refractivity contribution < 1.29 is 14.6 Å². The lowest BCUT2D eigenvalue weighted by Crippen LogP contribution is -2.16. The summed E-state index contributed by atoms with van der Waals surface area (Å²) < 4.78 is 6.26. The van der Waals surface area contributed by atoms with Crippen LogP contribution in [0.2, 0.25) is 0 Å². The SMILES string of the molecule is COc1ccc2cc(Br)ccc2c1C(N)CC(=O)O. The van der Waals surface area contributed by atoms with Gasteiger partial charge in [0.05, 0.1) is 13.5 Å². The van der Waals surface area contributed by atoms with Crippen LogP contribution in [0.15, 0.2) is 34.8 Å². The summed E-state index contributed by atoms with van der Waals surface area (Å²) in [6, 6.07) is 8.92. The van der Waals surface area contributed by atoms with Crippen LogP contribution in [0.25, 0.3) is 10.8 Å². The van der Waals surface area contributed by atoms with Crippen molar-refractivity contribution in [3.05, 3.63) is 40.4 Å². The van der Waals surface area contributed by atoms with Gasteiger partial charge < -0.3 is 15.6 Å². The van der Waals surface area contributed by atoms with Crippen LogP contribution in [0.5, 0.6) is 5.75 Å². The van der Waals surface area contributed by atoms with Crippen molar-refractivity contribution in [2.24, 2.45) is 5.73 Å². The highest BCUT2D eigenvalue weighted by molar-refractivity contribution is 9.10. The van der Waals surface area contributed by atoms with Crippen LogP contribution in [-0.2, 0) is 4.79 Å². The fourth-order valence-corrected chi connectivity index (χ4v) is 2.53. The predicted octanol–water partition coefficient (Wildman–Crippen LogP) is 3.09. The van der Waals surface area contributed by atoms with Crippen LogP contribution in [0.3, 0.4) is 0 Å². The summed E-state index contributed by atoms with van der Waals surface area (Å²) in [6.45, 7) is 0. The fourth-order valence-electron chi connectivity index (χ4n) is 2.16. The lowest BCUT2D eigenvalue weighted by molar-refractivity contribution is -0.137. The van der Waals surface area contributed by atoms with Crippen molar-refractivity contribution in [2.45, 2.75) is 12.5 Å². The van der Waals surface area contributed by atoms with E-state index in [1.165, 1.54) is 0 Å². The Bertz CT molecular complexity index is 627. The number of ether oxygens (including phenoxy) is 1. The molecule has 0 aliphatic rings. The lowest BCUT2D eigenvalue weighted by Gasteiger charge is -2.17. The first-order valence-corrected chi connectivity index (χ1v) is 6.55. The number of carboxylic acids is 1. The average molecular weight is 324 g/mol. The molecule has 0 aliphatic heterocycles. The highest BCUT2D eigenvalue weighted by atomic mass is 79.9. The van der Waals surface area contributed by atoms with Crippen molar-refractivity contribution in [1.29, 1.82) is 0 Å². The van der Waals surface area contributed by atoms with Crippen molar-refractivity contribution in [3.63, 3.8) is 0 Å². The van der Waals surface area contributed by atoms with Gasteiger partial charge in [0.1, 0.15) is 5.75 Å². The normalized spacial score (nSPS) is 12.4. The monoisotopic (exact) mass is 323 g/mol. The van der Waals surface area contributed by atoms with E-state index in [2.05, 4.69) is 15.9 Å². The summed E-state index contributed by atoms with van der Waals surface area (Å²) in [5, 5.41) is 10.8. The molecule has 0 spiro atoms. The van der Waals surface area contributed by atoms with Crippen LogP contribution in [-0.4, -0.2) is 18.2 Å². The van der Waals surface area contributed by atoms with Gasteiger partial charge >= 0.3 is 5.97 Å². The van der Waals surface area contributed by atoms with Crippen LogP contribution >= 0.6 is 15.9 Å². The van der Waals surface area contributed by atoms with Crippen LogP contribution in [0.1, 0.15) is 18.0 Å². The molecule has 0 aliphatic carbocycles. The molecular formula is C14H14BrNO3. The molecule has 1 atom stereocenters. The largest absolute Gasteiger partial charge is 0.496 e. The van der Waals surface area contributed by atoms with E-state index in [0.29, 0.717) is 5.75 Å². The molecule has 2 aromatic carbocycles. The molecule has 1 unspecified atom stereocenters. The van der Waals surface area contributed by atoms with E-state index in [-0.39, 0.29) is 6.42 Å². The third kappa shape index (κ3) is 2.88. The number of aliphatic carboxylic acids is 1. The first kappa shape index (κ1) is 13.8. The van der Waals surface area contributed by atoms with E-state index in [1.54, 1.807) is 7.11 Å². The summed E-state index contributed by atoms with van der Waals surface area (Å²) in [5.74, 6) is -0.313. The second-order valence-corrected chi connectivity index (χ2v) is 5.17. The smallest absolute Gasteiger partial charge is 0.305 e. The zero-order valence-electron chi connectivity index (χ0n) is 10.4. The molecule has 4 nitrogen and oxygen atoms in total. The van der Waals surface area contributed by atoms with E-state index in [0.717, 1.165) is 20.8 Å². The summed E-state index contributed by atoms with van der Waals surface area (Å²) in [6.07, 6.45) is -0.133. The van der Waals surface area contributed by atoms with Gasteiger partial charge in [0.25, 0.3) is 0 Å². The van der Waals surface area contributed by atoms with Gasteiger partial charge in [0.2, 0.25) is 0 Å². The minimum absolute atomic E-state index is 0.133. The summed E-state index contributed by atoms with van der Waals surface area (Å²) in [4.78, 5) is 10.8. The zero-order valence-corrected chi connectivity index (χ0v) is 12.0. The molecule has 0 saturated carbocycles. The topological polar surface area (TPSA) is 72.5 Å². The van der Waals surface area contributed by atoms with Gasteiger partial charge in [-0.15, -0.1) is 0 Å². The molecule has 0 fully saturated rings. The van der Waals surface area contributed by atoms with Crippen molar-refractivity contribution in [2.75, 3.05) is 7.11 Å². The van der Waals surface area contributed by atoms with E-state index >= 15 is 0 Å². The van der Waals surface area contributed by atoms with Gasteiger partial charge in [-0.05, 0) is 29.0 Å². The summed E-state index contributed by atoms with van der Waals surface area (Å²) in [7, 11) is 1.55.